The molecule has 3 atom stereocenters. The Morgan fingerprint density at radius 1 is 1.78 bits per heavy atom. The van der Waals surface area contributed by atoms with E-state index in [2.05, 4.69) is 14.4 Å². The van der Waals surface area contributed by atoms with Gasteiger partial charge in [0.15, 0.2) is 0 Å². The fourth-order valence-corrected chi connectivity index (χ4v) is 2.52. The van der Waals surface area contributed by atoms with Crippen LogP contribution in [0, 0.1) is 11.8 Å². The van der Waals surface area contributed by atoms with Crippen LogP contribution in [0.2, 0.25) is 18.5 Å². The van der Waals surface area contributed by atoms with Gasteiger partial charge in [0, 0.05) is 0 Å². The molecule has 0 aromatic heterocycles. The average Bonchev–Trinajstić information content (AvgIpc) is 2.46. The van der Waals surface area contributed by atoms with Gasteiger partial charge in [0.05, 0.1) is 0 Å². The molecule has 1 aliphatic heterocycles. The second-order valence-electron chi connectivity index (χ2n) is 3.46. The van der Waals surface area contributed by atoms with Crippen molar-refractivity contribution in [3.63, 3.8) is 0 Å². The Labute approximate surface area is 58.4 Å². The molecule has 0 aromatic rings. The maximum Gasteiger partial charge on any atom is 0.129 e. The molecule has 0 amide bonds. The van der Waals surface area contributed by atoms with E-state index in [1.54, 1.807) is 5.57 Å². The SMILES string of the molecule is BCC1C2BCC(=C)C21. The van der Waals surface area contributed by atoms with E-state index in [1.807, 2.05) is 0 Å². The van der Waals surface area contributed by atoms with Crippen molar-refractivity contribution in [3.05, 3.63) is 12.2 Å². The van der Waals surface area contributed by atoms with E-state index in [1.165, 1.54) is 19.9 Å². The van der Waals surface area contributed by atoms with Gasteiger partial charge in [-0.1, -0.05) is 24.0 Å². The molecule has 0 spiro atoms. The number of fused-ring (bicyclic) bond motifs is 1. The molecule has 2 fully saturated rings. The molecule has 2 heteroatoms. The van der Waals surface area contributed by atoms with Crippen LogP contribution in [-0.2, 0) is 0 Å². The van der Waals surface area contributed by atoms with Gasteiger partial charge in [0.1, 0.15) is 15.1 Å². The number of hydrogen-bond donors (Lipinski definition) is 0. The topological polar surface area (TPSA) is 0 Å². The molecule has 2 rings (SSSR count). The summed E-state index contributed by atoms with van der Waals surface area (Å²) in [6, 6.07) is 0. The summed E-state index contributed by atoms with van der Waals surface area (Å²) in [6.45, 7) is 4.08. The molecule has 0 bridgehead atoms. The van der Waals surface area contributed by atoms with Crippen LogP contribution in [0.15, 0.2) is 12.2 Å². The lowest BCUT2D eigenvalue weighted by atomic mass is 9.69. The first-order valence-electron chi connectivity index (χ1n) is 4.02. The van der Waals surface area contributed by atoms with Gasteiger partial charge >= 0.3 is 0 Å². The van der Waals surface area contributed by atoms with Gasteiger partial charge in [-0.3, -0.25) is 0 Å². The quantitative estimate of drug-likeness (QED) is 0.347. The van der Waals surface area contributed by atoms with E-state index in [0.717, 1.165) is 17.7 Å². The average molecular weight is 118 g/mol. The minimum atomic E-state index is 0.968. The Kier molecular flexibility index (Phi) is 1.05. The van der Waals surface area contributed by atoms with Crippen LogP contribution in [0.1, 0.15) is 0 Å². The van der Waals surface area contributed by atoms with Crippen molar-refractivity contribution in [2.24, 2.45) is 11.8 Å². The number of rotatable bonds is 1. The summed E-state index contributed by atoms with van der Waals surface area (Å²) in [5, 5.41) is 0. The summed E-state index contributed by atoms with van der Waals surface area (Å²) in [5.41, 5.74) is 1.55. The number of hydrogen-bond acceptors (Lipinski definition) is 0. The Balaban J connectivity index is 2.06. The molecule has 1 saturated heterocycles. The highest BCUT2D eigenvalue weighted by atomic mass is 14.5. The van der Waals surface area contributed by atoms with Crippen molar-refractivity contribution in [3.8, 4) is 0 Å². The zero-order valence-corrected chi connectivity index (χ0v) is 6.06. The molecule has 9 heavy (non-hydrogen) atoms. The predicted molar refractivity (Wildman–Crippen MR) is 45.2 cm³/mol. The smallest absolute Gasteiger partial charge is 0.100 e. The molecule has 0 N–H and O–H groups in total. The maximum absolute atomic E-state index is 4.08. The van der Waals surface area contributed by atoms with Gasteiger partial charge in [0.2, 0.25) is 0 Å². The third-order valence-corrected chi connectivity index (χ3v) is 3.07. The zero-order valence-electron chi connectivity index (χ0n) is 6.06. The number of allylic oxidation sites excluding steroid dienone is 1. The summed E-state index contributed by atoms with van der Waals surface area (Å²) in [4.78, 5) is 0. The van der Waals surface area contributed by atoms with E-state index in [0.29, 0.717) is 0 Å². The van der Waals surface area contributed by atoms with Crippen molar-refractivity contribution in [1.82, 2.24) is 0 Å². The largest absolute Gasteiger partial charge is 0.129 e. The van der Waals surface area contributed by atoms with Gasteiger partial charge in [-0.15, -0.1) is 6.58 Å². The van der Waals surface area contributed by atoms with E-state index >= 15 is 0 Å². The molecule has 1 heterocycles. The fourth-order valence-electron chi connectivity index (χ4n) is 2.52. The Hall–Kier alpha value is -0.130. The summed E-state index contributed by atoms with van der Waals surface area (Å²) in [6.07, 6.45) is 2.71. The highest BCUT2D eigenvalue weighted by Gasteiger charge is 2.53. The van der Waals surface area contributed by atoms with E-state index in [-0.39, 0.29) is 0 Å². The van der Waals surface area contributed by atoms with Crippen LogP contribution >= 0.6 is 0 Å². The summed E-state index contributed by atoms with van der Waals surface area (Å²) in [5.74, 6) is 3.09. The van der Waals surface area contributed by atoms with Crippen molar-refractivity contribution in [2.75, 3.05) is 0 Å². The standard InChI is InChI=1S/C7H12B2/c1-4-3-9-7-5(2-8)6(4)7/h5-7,9H,1-3,8H2. The first kappa shape index (κ1) is 5.64. The molecule has 1 aliphatic carbocycles. The lowest BCUT2D eigenvalue weighted by molar-refractivity contribution is 0.852. The van der Waals surface area contributed by atoms with Gasteiger partial charge in [0.25, 0.3) is 0 Å². The van der Waals surface area contributed by atoms with E-state index in [4.69, 9.17) is 0 Å². The zero-order chi connectivity index (χ0) is 6.43. The Morgan fingerprint density at radius 2 is 2.56 bits per heavy atom. The van der Waals surface area contributed by atoms with Gasteiger partial charge < -0.3 is 0 Å². The van der Waals surface area contributed by atoms with Gasteiger partial charge in [-0.25, -0.2) is 0 Å². The summed E-state index contributed by atoms with van der Waals surface area (Å²) < 4.78 is 0. The Bertz CT molecular complexity index is 149. The van der Waals surface area contributed by atoms with Gasteiger partial charge in [-0.05, 0) is 11.8 Å². The second-order valence-corrected chi connectivity index (χ2v) is 3.46. The molecule has 1 saturated carbocycles. The lowest BCUT2D eigenvalue weighted by Gasteiger charge is -1.98. The van der Waals surface area contributed by atoms with Crippen LogP contribution < -0.4 is 0 Å². The van der Waals surface area contributed by atoms with E-state index in [9.17, 15) is 0 Å². The highest BCUT2D eigenvalue weighted by Crippen LogP contribution is 2.62. The van der Waals surface area contributed by atoms with Crippen LogP contribution in [0.4, 0.5) is 0 Å². The second kappa shape index (κ2) is 1.68. The van der Waals surface area contributed by atoms with Crippen molar-refractivity contribution >= 4 is 15.1 Å². The molecular weight excluding hydrogens is 106 g/mol. The van der Waals surface area contributed by atoms with Gasteiger partial charge in [-0.2, -0.15) is 0 Å². The molecule has 0 nitrogen and oxygen atoms in total. The van der Waals surface area contributed by atoms with Crippen LogP contribution in [-0.4, -0.2) is 15.1 Å². The first-order valence-corrected chi connectivity index (χ1v) is 4.02. The molecule has 0 radical (unpaired) electrons. The monoisotopic (exact) mass is 118 g/mol. The predicted octanol–water partition coefficient (Wildman–Crippen LogP) is 0.497. The molecule has 46 valence electrons. The fraction of sp³-hybridized carbons (Fsp3) is 0.714. The third kappa shape index (κ3) is 0.623. The summed E-state index contributed by atoms with van der Waals surface area (Å²) in [7, 11) is 3.75. The van der Waals surface area contributed by atoms with E-state index < -0.39 is 0 Å². The summed E-state index contributed by atoms with van der Waals surface area (Å²) >= 11 is 0. The van der Waals surface area contributed by atoms with Crippen molar-refractivity contribution in [1.29, 1.82) is 0 Å². The minimum absolute atomic E-state index is 0.968. The van der Waals surface area contributed by atoms with Crippen LogP contribution in [0.25, 0.3) is 0 Å². The molecule has 3 unspecified atom stereocenters. The van der Waals surface area contributed by atoms with Crippen LogP contribution in [0.5, 0.6) is 0 Å². The normalized spacial score (nSPS) is 46.2. The third-order valence-electron chi connectivity index (χ3n) is 3.07. The van der Waals surface area contributed by atoms with Crippen molar-refractivity contribution in [2.45, 2.75) is 18.5 Å². The lowest BCUT2D eigenvalue weighted by Crippen LogP contribution is -1.91. The minimum Gasteiger partial charge on any atom is -0.100 e. The van der Waals surface area contributed by atoms with Crippen molar-refractivity contribution < 1.29 is 0 Å². The molecule has 0 aromatic carbocycles. The first-order chi connectivity index (χ1) is 4.34. The van der Waals surface area contributed by atoms with Crippen LogP contribution in [0.3, 0.4) is 0 Å². The molecular formula is C7H12B2. The molecule has 2 aliphatic rings. The highest BCUT2D eigenvalue weighted by molar-refractivity contribution is 6.42. The maximum atomic E-state index is 4.08. The Morgan fingerprint density at radius 3 is 2.89 bits per heavy atom.